The number of carbonyl (C=O) groups is 1. The van der Waals surface area contributed by atoms with Crippen LogP contribution in [-0.4, -0.2) is 5.97 Å². The fourth-order valence-corrected chi connectivity index (χ4v) is 2.90. The number of hydrogen-bond donors (Lipinski definition) is 0. The van der Waals surface area contributed by atoms with Gasteiger partial charge in [0.1, 0.15) is 5.76 Å². The lowest BCUT2D eigenvalue weighted by Gasteiger charge is -2.00. The first kappa shape index (κ1) is 13.9. The summed E-state index contributed by atoms with van der Waals surface area (Å²) in [6, 6.07) is 10.2. The van der Waals surface area contributed by atoms with Crippen LogP contribution in [0.5, 0.6) is 0 Å². The zero-order valence-corrected chi connectivity index (χ0v) is 12.4. The number of allylic oxidation sites excluding steroid dienone is 3. The molecule has 0 bridgehead atoms. The second kappa shape index (κ2) is 6.13. The molecule has 0 saturated carbocycles. The number of esters is 1. The number of unbranched alkanes of at least 4 members (excludes halogenated alkanes) is 1. The Labute approximate surface area is 125 Å². The fraction of sp³-hybridized carbons (Fsp3) is 0.316. The summed E-state index contributed by atoms with van der Waals surface area (Å²) in [5.74, 6) is 0.706. The summed E-state index contributed by atoms with van der Waals surface area (Å²) in [5.41, 5.74) is 4.38. The van der Waals surface area contributed by atoms with E-state index in [0.717, 1.165) is 54.6 Å². The molecule has 1 aromatic carbocycles. The monoisotopic (exact) mass is 280 g/mol. The van der Waals surface area contributed by atoms with Crippen LogP contribution in [0.25, 0.3) is 6.08 Å². The predicted molar refractivity (Wildman–Crippen MR) is 84.4 cm³/mol. The summed E-state index contributed by atoms with van der Waals surface area (Å²) in [5, 5.41) is 0. The lowest BCUT2D eigenvalue weighted by Crippen LogP contribution is -2.00. The van der Waals surface area contributed by atoms with Gasteiger partial charge in [0.25, 0.3) is 0 Å². The topological polar surface area (TPSA) is 26.3 Å². The van der Waals surface area contributed by atoms with Crippen LogP contribution in [0.4, 0.5) is 0 Å². The third kappa shape index (κ3) is 2.85. The number of benzene rings is 1. The van der Waals surface area contributed by atoms with E-state index in [1.807, 2.05) is 18.2 Å². The van der Waals surface area contributed by atoms with Crippen LogP contribution >= 0.6 is 0 Å². The molecule has 3 rings (SSSR count). The van der Waals surface area contributed by atoms with Crippen molar-refractivity contribution < 1.29 is 9.53 Å². The van der Waals surface area contributed by atoms with Gasteiger partial charge in [-0.25, -0.2) is 4.79 Å². The highest BCUT2D eigenvalue weighted by atomic mass is 16.5. The van der Waals surface area contributed by atoms with E-state index < -0.39 is 0 Å². The highest BCUT2D eigenvalue weighted by Gasteiger charge is 2.34. The van der Waals surface area contributed by atoms with Crippen molar-refractivity contribution >= 4 is 12.0 Å². The number of fused-ring (bicyclic) bond motifs is 1. The van der Waals surface area contributed by atoms with E-state index in [1.165, 1.54) is 5.56 Å². The standard InChI is InChI=1S/C19H20O2/c1-2-3-9-17-16-13-12-15(18(16)21-19(17)20)11-10-14-7-5-4-6-8-14/h4-8,10-11H,2-3,9,12-13H2,1H3/b11-10+. The minimum Gasteiger partial charge on any atom is -0.423 e. The molecule has 0 radical (unpaired) electrons. The molecule has 1 aliphatic carbocycles. The van der Waals surface area contributed by atoms with Crippen molar-refractivity contribution in [1.29, 1.82) is 0 Å². The molecule has 0 saturated heterocycles. The Hall–Kier alpha value is -2.09. The lowest BCUT2D eigenvalue weighted by atomic mass is 10.0. The van der Waals surface area contributed by atoms with E-state index in [1.54, 1.807) is 0 Å². The van der Waals surface area contributed by atoms with Gasteiger partial charge in [-0.3, -0.25) is 0 Å². The van der Waals surface area contributed by atoms with Crippen molar-refractivity contribution in [2.75, 3.05) is 0 Å². The van der Waals surface area contributed by atoms with Crippen LogP contribution in [0.3, 0.4) is 0 Å². The van der Waals surface area contributed by atoms with Gasteiger partial charge < -0.3 is 4.74 Å². The zero-order valence-electron chi connectivity index (χ0n) is 12.4. The van der Waals surface area contributed by atoms with Crippen LogP contribution < -0.4 is 0 Å². The maximum Gasteiger partial charge on any atom is 0.339 e. The van der Waals surface area contributed by atoms with Crippen molar-refractivity contribution in [1.82, 2.24) is 0 Å². The maximum absolute atomic E-state index is 12.0. The molecule has 1 aromatic rings. The molecule has 1 aliphatic heterocycles. The van der Waals surface area contributed by atoms with Gasteiger partial charge in [0.05, 0.1) is 0 Å². The number of rotatable bonds is 5. The molecule has 1 heterocycles. The molecule has 21 heavy (non-hydrogen) atoms. The van der Waals surface area contributed by atoms with Crippen LogP contribution in [0.2, 0.25) is 0 Å². The lowest BCUT2D eigenvalue weighted by molar-refractivity contribution is -0.133. The van der Waals surface area contributed by atoms with Crippen molar-refractivity contribution in [2.24, 2.45) is 0 Å². The van der Waals surface area contributed by atoms with Gasteiger partial charge in [-0.15, -0.1) is 0 Å². The largest absolute Gasteiger partial charge is 0.423 e. The smallest absolute Gasteiger partial charge is 0.339 e. The average Bonchev–Trinajstić information content (AvgIpc) is 3.03. The maximum atomic E-state index is 12.0. The van der Waals surface area contributed by atoms with E-state index >= 15 is 0 Å². The normalized spacial score (nSPS) is 17.9. The van der Waals surface area contributed by atoms with Crippen LogP contribution in [0, 0.1) is 0 Å². The van der Waals surface area contributed by atoms with Gasteiger partial charge in [-0.1, -0.05) is 55.8 Å². The molecular formula is C19H20O2. The van der Waals surface area contributed by atoms with E-state index in [4.69, 9.17) is 4.74 Å². The van der Waals surface area contributed by atoms with E-state index in [2.05, 4.69) is 31.2 Å². The van der Waals surface area contributed by atoms with Crippen LogP contribution in [0.1, 0.15) is 44.6 Å². The van der Waals surface area contributed by atoms with E-state index in [0.29, 0.717) is 0 Å². The molecule has 0 atom stereocenters. The Morgan fingerprint density at radius 1 is 1.14 bits per heavy atom. The third-order valence-electron chi connectivity index (χ3n) is 4.07. The van der Waals surface area contributed by atoms with Crippen molar-refractivity contribution in [3.63, 3.8) is 0 Å². The Kier molecular flexibility index (Phi) is 4.05. The molecule has 0 fully saturated rings. The summed E-state index contributed by atoms with van der Waals surface area (Å²) in [6.07, 6.45) is 9.09. The molecule has 2 heteroatoms. The first-order valence-corrected chi connectivity index (χ1v) is 7.70. The molecular weight excluding hydrogens is 260 g/mol. The molecule has 2 nitrogen and oxygen atoms in total. The summed E-state index contributed by atoms with van der Waals surface area (Å²) < 4.78 is 5.51. The highest BCUT2D eigenvalue weighted by molar-refractivity contribution is 5.95. The van der Waals surface area contributed by atoms with Gasteiger partial charge in [0.2, 0.25) is 0 Å². The predicted octanol–water partition coefficient (Wildman–Crippen LogP) is 4.79. The molecule has 0 N–H and O–H groups in total. The van der Waals surface area contributed by atoms with Crippen LogP contribution in [-0.2, 0) is 9.53 Å². The van der Waals surface area contributed by atoms with Crippen LogP contribution in [0.15, 0.2) is 58.9 Å². The zero-order chi connectivity index (χ0) is 14.7. The van der Waals surface area contributed by atoms with Crippen molar-refractivity contribution in [3.8, 4) is 0 Å². The number of hydrogen-bond acceptors (Lipinski definition) is 2. The SMILES string of the molecule is CCCCC1=C2CCC(/C=C/c3ccccc3)=C2OC1=O. The fourth-order valence-electron chi connectivity index (χ4n) is 2.90. The second-order valence-electron chi connectivity index (χ2n) is 5.55. The minimum atomic E-state index is -0.126. The summed E-state index contributed by atoms with van der Waals surface area (Å²) >= 11 is 0. The molecule has 0 unspecified atom stereocenters. The van der Waals surface area contributed by atoms with E-state index in [-0.39, 0.29) is 5.97 Å². The summed E-state index contributed by atoms with van der Waals surface area (Å²) in [6.45, 7) is 2.14. The van der Waals surface area contributed by atoms with Gasteiger partial charge in [0.15, 0.2) is 0 Å². The highest BCUT2D eigenvalue weighted by Crippen LogP contribution is 2.41. The minimum absolute atomic E-state index is 0.126. The van der Waals surface area contributed by atoms with Gasteiger partial charge >= 0.3 is 5.97 Å². The Balaban J connectivity index is 1.83. The molecule has 108 valence electrons. The number of ether oxygens (including phenoxy) is 1. The third-order valence-corrected chi connectivity index (χ3v) is 4.07. The summed E-state index contributed by atoms with van der Waals surface area (Å²) in [4.78, 5) is 12.0. The molecule has 2 aliphatic rings. The Bertz CT molecular complexity index is 633. The first-order valence-electron chi connectivity index (χ1n) is 7.70. The molecule has 0 amide bonds. The summed E-state index contributed by atoms with van der Waals surface area (Å²) in [7, 11) is 0. The Morgan fingerprint density at radius 2 is 1.95 bits per heavy atom. The van der Waals surface area contributed by atoms with Crippen molar-refractivity contribution in [2.45, 2.75) is 39.0 Å². The van der Waals surface area contributed by atoms with Gasteiger partial charge in [-0.05, 0) is 36.8 Å². The quantitative estimate of drug-likeness (QED) is 0.725. The average molecular weight is 280 g/mol. The number of carbonyl (C=O) groups excluding carboxylic acids is 1. The van der Waals surface area contributed by atoms with Crippen molar-refractivity contribution in [3.05, 3.63) is 64.4 Å². The first-order chi connectivity index (χ1) is 10.3. The molecule has 0 spiro atoms. The van der Waals surface area contributed by atoms with Gasteiger partial charge in [-0.2, -0.15) is 0 Å². The van der Waals surface area contributed by atoms with E-state index in [9.17, 15) is 4.79 Å². The second-order valence-corrected chi connectivity index (χ2v) is 5.55. The Morgan fingerprint density at radius 3 is 2.71 bits per heavy atom. The van der Waals surface area contributed by atoms with Gasteiger partial charge in [0, 0.05) is 11.1 Å². The molecule has 0 aromatic heterocycles.